The zero-order valence-electron chi connectivity index (χ0n) is 15.9. The third-order valence-corrected chi connectivity index (χ3v) is 5.18. The van der Waals surface area contributed by atoms with E-state index in [-0.39, 0.29) is 5.90 Å². The summed E-state index contributed by atoms with van der Waals surface area (Å²) in [4.78, 5) is 6.93. The van der Waals surface area contributed by atoms with Crippen molar-refractivity contribution in [1.29, 1.82) is 0 Å². The van der Waals surface area contributed by atoms with E-state index in [4.69, 9.17) is 4.98 Å². The van der Waals surface area contributed by atoms with Gasteiger partial charge in [-0.15, -0.1) is 0 Å². The number of nitrogens with zero attached hydrogens (tertiary/aromatic N) is 4. The molecule has 4 aromatic rings. The van der Waals surface area contributed by atoms with Crippen LogP contribution in [-0.4, -0.2) is 36.4 Å². The molecule has 0 amide bonds. The highest BCUT2D eigenvalue weighted by atomic mass is 16.3. The van der Waals surface area contributed by atoms with E-state index >= 15 is 0 Å². The average molecular weight is 368 g/mol. The van der Waals surface area contributed by atoms with Gasteiger partial charge in [0.25, 0.3) is 11.2 Å². The summed E-state index contributed by atoms with van der Waals surface area (Å²) in [7, 11) is 3.91. The first kappa shape index (κ1) is 16.8. The molecule has 0 bridgehead atoms. The minimum atomic E-state index is -0.139. The highest BCUT2D eigenvalue weighted by Crippen LogP contribution is 2.44. The van der Waals surface area contributed by atoms with Crippen LogP contribution in [0.2, 0.25) is 0 Å². The van der Waals surface area contributed by atoms with Gasteiger partial charge in [-0.25, -0.2) is 4.98 Å². The lowest BCUT2D eigenvalue weighted by molar-refractivity contribution is -0.644. The first-order chi connectivity index (χ1) is 13.6. The number of hydrogen-bond donors (Lipinski definition) is 0. The quantitative estimate of drug-likeness (QED) is 0.278. The second-order valence-electron chi connectivity index (χ2n) is 7.37. The standard InChI is InChI=1S/C23H20N4O/c1-26(2)14-13-20(28)25-27-19-12-4-3-11-18(19)24-22-16-9-5-7-15-8-6-10-17(21(15)16)23(22)27/h3-12H,13-14H2,1-2H3. The summed E-state index contributed by atoms with van der Waals surface area (Å²) in [6.45, 7) is 0.671. The Kier molecular flexibility index (Phi) is 3.84. The molecule has 28 heavy (non-hydrogen) atoms. The largest absolute Gasteiger partial charge is 0.858 e. The Morgan fingerprint density at radius 2 is 1.75 bits per heavy atom. The summed E-state index contributed by atoms with van der Waals surface area (Å²) in [6, 6.07) is 20.3. The third kappa shape index (κ3) is 2.55. The molecule has 0 saturated heterocycles. The third-order valence-electron chi connectivity index (χ3n) is 5.18. The normalized spacial score (nSPS) is 12.9. The summed E-state index contributed by atoms with van der Waals surface area (Å²) < 4.78 is 1.80. The highest BCUT2D eigenvalue weighted by Gasteiger charge is 2.33. The van der Waals surface area contributed by atoms with E-state index < -0.39 is 0 Å². The first-order valence-electron chi connectivity index (χ1n) is 9.40. The van der Waals surface area contributed by atoms with Gasteiger partial charge in [0, 0.05) is 29.5 Å². The van der Waals surface area contributed by atoms with Crippen LogP contribution in [0.3, 0.4) is 0 Å². The maximum absolute atomic E-state index is 12.6. The van der Waals surface area contributed by atoms with Crippen molar-refractivity contribution in [2.75, 3.05) is 20.6 Å². The maximum Gasteiger partial charge on any atom is 0.272 e. The smallest absolute Gasteiger partial charge is 0.272 e. The molecule has 138 valence electrons. The van der Waals surface area contributed by atoms with Gasteiger partial charge in [-0.2, -0.15) is 0 Å². The van der Waals surface area contributed by atoms with Gasteiger partial charge in [0.2, 0.25) is 0 Å². The van der Waals surface area contributed by atoms with Crippen LogP contribution in [0.1, 0.15) is 6.42 Å². The molecular weight excluding hydrogens is 348 g/mol. The van der Waals surface area contributed by atoms with Gasteiger partial charge in [-0.3, -0.25) is 0 Å². The van der Waals surface area contributed by atoms with E-state index in [1.54, 1.807) is 4.68 Å². The number of hydrogen-bond acceptors (Lipinski definition) is 4. The molecular formula is C23H20N4O. The van der Waals surface area contributed by atoms with Crippen molar-refractivity contribution in [2.45, 2.75) is 6.42 Å². The van der Waals surface area contributed by atoms with Crippen molar-refractivity contribution in [2.24, 2.45) is 5.10 Å². The Morgan fingerprint density at radius 1 is 1.00 bits per heavy atom. The van der Waals surface area contributed by atoms with Crippen molar-refractivity contribution in [1.82, 2.24) is 9.88 Å². The Hall–Kier alpha value is -3.31. The van der Waals surface area contributed by atoms with Crippen LogP contribution >= 0.6 is 0 Å². The van der Waals surface area contributed by atoms with Gasteiger partial charge in [0.1, 0.15) is 11.2 Å². The molecule has 0 N–H and O–H groups in total. The topological polar surface area (TPSA) is 55.4 Å². The average Bonchev–Trinajstić information content (AvgIpc) is 3.02. The Bertz CT molecular complexity index is 1260. The van der Waals surface area contributed by atoms with E-state index in [1.165, 1.54) is 10.8 Å². The van der Waals surface area contributed by atoms with Gasteiger partial charge in [-0.1, -0.05) is 42.5 Å². The molecule has 5 rings (SSSR count). The summed E-state index contributed by atoms with van der Waals surface area (Å²) in [5.74, 6) is -0.139. The predicted octanol–water partition coefficient (Wildman–Crippen LogP) is 2.80. The lowest BCUT2D eigenvalue weighted by Crippen LogP contribution is -2.38. The molecule has 0 unspecified atom stereocenters. The van der Waals surface area contributed by atoms with Gasteiger partial charge in [0.15, 0.2) is 0 Å². The fourth-order valence-corrected chi connectivity index (χ4v) is 3.88. The van der Waals surface area contributed by atoms with Gasteiger partial charge in [0.05, 0.1) is 5.56 Å². The van der Waals surface area contributed by atoms with Crippen LogP contribution in [0, 0.1) is 0 Å². The van der Waals surface area contributed by atoms with E-state index in [1.807, 2.05) is 49.3 Å². The minimum Gasteiger partial charge on any atom is -0.858 e. The minimum absolute atomic E-state index is 0.139. The molecule has 5 nitrogen and oxygen atoms in total. The van der Waals surface area contributed by atoms with Crippen LogP contribution in [-0.2, 0) is 0 Å². The summed E-state index contributed by atoms with van der Waals surface area (Å²) in [6.07, 6.45) is 0.378. The lowest BCUT2D eigenvalue weighted by Gasteiger charge is -2.12. The molecule has 0 aliphatic heterocycles. The van der Waals surface area contributed by atoms with Gasteiger partial charge >= 0.3 is 0 Å². The van der Waals surface area contributed by atoms with E-state index in [2.05, 4.69) is 35.4 Å². The Balaban J connectivity index is 1.82. The number of benzene rings is 3. The fraction of sp³-hybridized carbons (Fsp3) is 0.174. The molecule has 5 heteroatoms. The fourth-order valence-electron chi connectivity index (χ4n) is 3.88. The van der Waals surface area contributed by atoms with Crippen molar-refractivity contribution in [3.8, 4) is 22.5 Å². The van der Waals surface area contributed by atoms with Crippen LogP contribution in [0.5, 0.6) is 0 Å². The highest BCUT2D eigenvalue weighted by molar-refractivity contribution is 6.13. The summed E-state index contributed by atoms with van der Waals surface area (Å²) in [5.41, 5.74) is 5.61. The zero-order chi connectivity index (χ0) is 19.3. The van der Waals surface area contributed by atoms with Crippen molar-refractivity contribution >= 4 is 27.7 Å². The molecule has 3 aromatic carbocycles. The molecule has 1 aliphatic carbocycles. The van der Waals surface area contributed by atoms with Crippen LogP contribution < -0.4 is 9.78 Å². The second kappa shape index (κ2) is 6.39. The zero-order valence-corrected chi connectivity index (χ0v) is 15.9. The Labute approximate surface area is 163 Å². The maximum atomic E-state index is 12.6. The summed E-state index contributed by atoms with van der Waals surface area (Å²) >= 11 is 0. The number of fused-ring (bicyclic) bond motifs is 4. The van der Waals surface area contributed by atoms with Crippen molar-refractivity contribution < 1.29 is 9.78 Å². The molecule has 1 aliphatic rings. The van der Waals surface area contributed by atoms with Crippen LogP contribution in [0.25, 0.3) is 44.3 Å². The monoisotopic (exact) mass is 368 g/mol. The molecule has 0 atom stereocenters. The van der Waals surface area contributed by atoms with Crippen molar-refractivity contribution in [3.05, 3.63) is 60.7 Å². The molecule has 1 aromatic heterocycles. The van der Waals surface area contributed by atoms with Gasteiger partial charge < -0.3 is 10.0 Å². The molecule has 1 heterocycles. The number of aromatic nitrogens is 2. The first-order valence-corrected chi connectivity index (χ1v) is 9.40. The molecule has 0 saturated carbocycles. The van der Waals surface area contributed by atoms with Gasteiger partial charge in [-0.05, 0) is 47.8 Å². The SMILES string of the molecule is CN(C)CC/C([O-])=N/[n+]1c2c(nc3ccccc31)-c1cccc3cccc-2c13. The lowest BCUT2D eigenvalue weighted by atomic mass is 10.0. The Morgan fingerprint density at radius 3 is 2.54 bits per heavy atom. The van der Waals surface area contributed by atoms with Crippen LogP contribution in [0.4, 0.5) is 0 Å². The number of rotatable bonds is 4. The molecule has 0 radical (unpaired) electrons. The van der Waals surface area contributed by atoms with Crippen molar-refractivity contribution in [3.63, 3.8) is 0 Å². The molecule has 0 spiro atoms. The summed E-state index contributed by atoms with van der Waals surface area (Å²) in [5, 5.41) is 19.5. The van der Waals surface area contributed by atoms with E-state index in [0.717, 1.165) is 33.5 Å². The van der Waals surface area contributed by atoms with E-state index in [9.17, 15) is 5.11 Å². The van der Waals surface area contributed by atoms with Crippen LogP contribution in [0.15, 0.2) is 65.8 Å². The second-order valence-corrected chi connectivity index (χ2v) is 7.37. The predicted molar refractivity (Wildman–Crippen MR) is 110 cm³/mol. The van der Waals surface area contributed by atoms with E-state index in [0.29, 0.717) is 13.0 Å². The number of para-hydroxylation sites is 2. The molecule has 0 fully saturated rings.